The first-order valence-electron chi connectivity index (χ1n) is 5.39. The second-order valence-electron chi connectivity index (χ2n) is 4.43. The van der Waals surface area contributed by atoms with E-state index in [1.165, 1.54) is 12.0 Å². The second kappa shape index (κ2) is 4.18. The zero-order valence-electron chi connectivity index (χ0n) is 8.54. The molecule has 2 bridgehead atoms. The molecule has 0 saturated heterocycles. The maximum absolute atomic E-state index is 8.68. The highest BCUT2D eigenvalue weighted by atomic mass is 16.5. The highest BCUT2D eigenvalue weighted by Gasteiger charge is 2.28. The first-order chi connectivity index (χ1) is 6.78. The minimum absolute atomic E-state index is 0.110. The lowest BCUT2D eigenvalue weighted by Crippen LogP contribution is -2.22. The Morgan fingerprint density at radius 1 is 1.43 bits per heavy atom. The first kappa shape index (κ1) is 9.78. The third-order valence-corrected chi connectivity index (χ3v) is 3.05. The van der Waals surface area contributed by atoms with Crippen molar-refractivity contribution in [2.75, 3.05) is 13.2 Å². The Balaban J connectivity index is 1.98. The summed E-state index contributed by atoms with van der Waals surface area (Å²) in [5.74, 6) is 2.47. The molecule has 2 heteroatoms. The van der Waals surface area contributed by atoms with Crippen molar-refractivity contribution in [3.63, 3.8) is 0 Å². The predicted octanol–water partition coefficient (Wildman–Crippen LogP) is 2.26. The van der Waals surface area contributed by atoms with E-state index < -0.39 is 0 Å². The fraction of sp³-hybridized carbons (Fsp3) is 0.667. The maximum atomic E-state index is 8.68. The molecular formula is C12H18O2. The Labute approximate surface area is 85.3 Å². The van der Waals surface area contributed by atoms with E-state index in [-0.39, 0.29) is 6.61 Å². The van der Waals surface area contributed by atoms with E-state index in [0.29, 0.717) is 12.5 Å². The van der Waals surface area contributed by atoms with Crippen LogP contribution >= 0.6 is 0 Å². The number of aliphatic hydroxyl groups is 1. The molecule has 2 atom stereocenters. The standard InChI is InChI=1S/C12H18O2/c1-9-4-10-6-11(5-9)8-12(7-10)14-3-2-13/h7,10-11,13H,1-6,8H2. The summed E-state index contributed by atoms with van der Waals surface area (Å²) in [7, 11) is 0. The van der Waals surface area contributed by atoms with Gasteiger partial charge in [0.1, 0.15) is 6.61 Å². The van der Waals surface area contributed by atoms with E-state index in [2.05, 4.69) is 12.7 Å². The Bertz CT molecular complexity index is 255. The molecule has 0 radical (unpaired) electrons. The van der Waals surface area contributed by atoms with Crippen molar-refractivity contribution in [2.24, 2.45) is 11.8 Å². The van der Waals surface area contributed by atoms with Gasteiger partial charge in [-0.3, -0.25) is 0 Å². The largest absolute Gasteiger partial charge is 0.496 e. The third kappa shape index (κ3) is 2.18. The summed E-state index contributed by atoms with van der Waals surface area (Å²) in [6, 6.07) is 0. The Kier molecular flexibility index (Phi) is 2.92. The van der Waals surface area contributed by atoms with Crippen LogP contribution in [-0.2, 0) is 4.74 Å². The van der Waals surface area contributed by atoms with E-state index in [0.717, 1.165) is 30.9 Å². The van der Waals surface area contributed by atoms with Crippen LogP contribution in [0.1, 0.15) is 25.7 Å². The van der Waals surface area contributed by atoms with Gasteiger partial charge in [0.05, 0.1) is 12.4 Å². The van der Waals surface area contributed by atoms with Crippen molar-refractivity contribution < 1.29 is 9.84 Å². The molecule has 0 aliphatic heterocycles. The third-order valence-electron chi connectivity index (χ3n) is 3.05. The van der Waals surface area contributed by atoms with Crippen LogP contribution in [0.2, 0.25) is 0 Å². The molecule has 1 saturated carbocycles. The molecule has 2 nitrogen and oxygen atoms in total. The quantitative estimate of drug-likeness (QED) is 0.698. The average Bonchev–Trinajstić information content (AvgIpc) is 2.12. The van der Waals surface area contributed by atoms with Crippen molar-refractivity contribution >= 4 is 0 Å². The fourth-order valence-electron chi connectivity index (χ4n) is 2.64. The predicted molar refractivity (Wildman–Crippen MR) is 55.7 cm³/mol. The molecule has 1 N–H and O–H groups in total. The van der Waals surface area contributed by atoms with Gasteiger partial charge < -0.3 is 9.84 Å². The summed E-state index contributed by atoms with van der Waals surface area (Å²) in [5, 5.41) is 8.68. The SMILES string of the molecule is C=C1CC2C=C(OCCO)CC(C1)C2. The van der Waals surface area contributed by atoms with Gasteiger partial charge in [-0.2, -0.15) is 0 Å². The van der Waals surface area contributed by atoms with Crippen LogP contribution in [0.5, 0.6) is 0 Å². The van der Waals surface area contributed by atoms with Gasteiger partial charge in [-0.15, -0.1) is 0 Å². The second-order valence-corrected chi connectivity index (χ2v) is 4.43. The van der Waals surface area contributed by atoms with Gasteiger partial charge in [0.2, 0.25) is 0 Å². The number of hydrogen-bond donors (Lipinski definition) is 1. The highest BCUT2D eigenvalue weighted by molar-refractivity contribution is 5.14. The van der Waals surface area contributed by atoms with Gasteiger partial charge in [0, 0.05) is 6.42 Å². The van der Waals surface area contributed by atoms with Crippen LogP contribution < -0.4 is 0 Å². The first-order valence-corrected chi connectivity index (χ1v) is 5.39. The summed E-state index contributed by atoms with van der Waals surface area (Å²) in [4.78, 5) is 0. The lowest BCUT2D eigenvalue weighted by atomic mass is 9.73. The van der Waals surface area contributed by atoms with Crippen molar-refractivity contribution in [1.82, 2.24) is 0 Å². The molecule has 0 spiro atoms. The van der Waals surface area contributed by atoms with Gasteiger partial charge >= 0.3 is 0 Å². The van der Waals surface area contributed by atoms with Crippen LogP contribution in [0.4, 0.5) is 0 Å². The smallest absolute Gasteiger partial charge is 0.111 e. The molecule has 0 amide bonds. The fourth-order valence-corrected chi connectivity index (χ4v) is 2.64. The Hall–Kier alpha value is -0.760. The number of fused-ring (bicyclic) bond motifs is 2. The lowest BCUT2D eigenvalue weighted by Gasteiger charge is -2.34. The number of hydrogen-bond acceptors (Lipinski definition) is 2. The van der Waals surface area contributed by atoms with Crippen LogP contribution in [0, 0.1) is 11.8 Å². The molecule has 0 aromatic rings. The minimum Gasteiger partial charge on any atom is -0.496 e. The van der Waals surface area contributed by atoms with Crippen LogP contribution in [0.15, 0.2) is 24.0 Å². The molecule has 2 aliphatic carbocycles. The number of ether oxygens (including phenoxy) is 1. The van der Waals surface area contributed by atoms with Gasteiger partial charge in [-0.05, 0) is 37.2 Å². The zero-order valence-corrected chi connectivity index (χ0v) is 8.54. The highest BCUT2D eigenvalue weighted by Crippen LogP contribution is 2.40. The van der Waals surface area contributed by atoms with E-state index in [9.17, 15) is 0 Å². The molecule has 78 valence electrons. The van der Waals surface area contributed by atoms with Crippen LogP contribution in [0.25, 0.3) is 0 Å². The summed E-state index contributed by atoms with van der Waals surface area (Å²) >= 11 is 0. The van der Waals surface area contributed by atoms with Gasteiger partial charge in [-0.1, -0.05) is 12.2 Å². The zero-order chi connectivity index (χ0) is 9.97. The maximum Gasteiger partial charge on any atom is 0.111 e. The summed E-state index contributed by atoms with van der Waals surface area (Å²) < 4.78 is 5.49. The molecule has 0 aromatic carbocycles. The molecule has 0 aromatic heterocycles. The van der Waals surface area contributed by atoms with Gasteiger partial charge in [0.25, 0.3) is 0 Å². The minimum atomic E-state index is 0.110. The molecule has 0 heterocycles. The molecule has 2 unspecified atom stereocenters. The summed E-state index contributed by atoms with van der Waals surface area (Å²) in [6.07, 6.45) is 6.86. The lowest BCUT2D eigenvalue weighted by molar-refractivity contribution is 0.122. The number of aliphatic hydroxyl groups excluding tert-OH is 1. The number of rotatable bonds is 3. The van der Waals surface area contributed by atoms with E-state index >= 15 is 0 Å². The summed E-state index contributed by atoms with van der Waals surface area (Å²) in [6.45, 7) is 4.62. The molecule has 14 heavy (non-hydrogen) atoms. The molecule has 1 fully saturated rings. The Morgan fingerprint density at radius 2 is 2.29 bits per heavy atom. The topological polar surface area (TPSA) is 29.5 Å². The van der Waals surface area contributed by atoms with Crippen molar-refractivity contribution in [2.45, 2.75) is 25.7 Å². The van der Waals surface area contributed by atoms with Crippen molar-refractivity contribution in [1.29, 1.82) is 0 Å². The van der Waals surface area contributed by atoms with Crippen LogP contribution in [-0.4, -0.2) is 18.3 Å². The average molecular weight is 194 g/mol. The van der Waals surface area contributed by atoms with Crippen molar-refractivity contribution in [3.05, 3.63) is 24.0 Å². The van der Waals surface area contributed by atoms with E-state index in [1.54, 1.807) is 0 Å². The van der Waals surface area contributed by atoms with Gasteiger partial charge in [-0.25, -0.2) is 0 Å². The molecule has 2 aliphatic rings. The van der Waals surface area contributed by atoms with Crippen LogP contribution in [0.3, 0.4) is 0 Å². The Morgan fingerprint density at radius 3 is 3.00 bits per heavy atom. The molecular weight excluding hydrogens is 176 g/mol. The van der Waals surface area contributed by atoms with Crippen molar-refractivity contribution in [3.8, 4) is 0 Å². The normalized spacial score (nSPS) is 31.2. The van der Waals surface area contributed by atoms with E-state index in [1.807, 2.05) is 0 Å². The van der Waals surface area contributed by atoms with E-state index in [4.69, 9.17) is 9.84 Å². The number of allylic oxidation sites excluding steroid dienone is 3. The van der Waals surface area contributed by atoms with Gasteiger partial charge in [0.15, 0.2) is 0 Å². The monoisotopic (exact) mass is 194 g/mol. The summed E-state index contributed by atoms with van der Waals surface area (Å²) in [5.41, 5.74) is 1.39. The molecule has 2 rings (SSSR count).